The topological polar surface area (TPSA) is 186 Å². The third-order valence-corrected chi connectivity index (χ3v) is 9.26. The van der Waals surface area contributed by atoms with Crippen molar-refractivity contribution in [2.75, 3.05) is 12.3 Å². The quantitative estimate of drug-likeness (QED) is 0.220. The first-order valence-corrected chi connectivity index (χ1v) is 15.8. The highest BCUT2D eigenvalue weighted by Crippen LogP contribution is 2.23. The number of hydrogen-bond acceptors (Lipinski definition) is 10. The standard InChI is InChI=1S/C29H33N7O6S2/c1-18(2)44(40,41)21-13-11-20(12-14-21)22-16-31-25(30)24(32-22)27(38)34-35-28(43)33-26(37)23-10-6-7-15-36(23)29(39)42-17-19-8-4-3-5-9-19/h3-5,8-9,11-14,16,18,23H,6-7,10,15,17H2,1-2H3,(H2,30,31)(H,34,38)(H2,33,35,37,43)/t23-/m1/s1. The van der Waals surface area contributed by atoms with Crippen LogP contribution in [0.5, 0.6) is 0 Å². The number of carbonyl (C=O) groups is 3. The van der Waals surface area contributed by atoms with E-state index in [4.69, 9.17) is 22.7 Å². The number of nitrogens with zero attached hydrogens (tertiary/aromatic N) is 3. The van der Waals surface area contributed by atoms with E-state index < -0.39 is 39.0 Å². The Morgan fingerprint density at radius 3 is 2.45 bits per heavy atom. The fraction of sp³-hybridized carbons (Fsp3) is 0.310. The molecule has 0 bridgehead atoms. The van der Waals surface area contributed by atoms with Gasteiger partial charge in [-0.1, -0.05) is 42.5 Å². The van der Waals surface area contributed by atoms with E-state index in [-0.39, 0.29) is 33.8 Å². The number of rotatable bonds is 7. The van der Waals surface area contributed by atoms with Gasteiger partial charge in [-0.05, 0) is 63.0 Å². The number of anilines is 1. The molecule has 0 radical (unpaired) electrons. The summed E-state index contributed by atoms with van der Waals surface area (Å²) in [6, 6.07) is 14.5. The van der Waals surface area contributed by atoms with Crippen molar-refractivity contribution in [1.82, 2.24) is 31.0 Å². The minimum atomic E-state index is -3.45. The van der Waals surface area contributed by atoms with E-state index in [0.29, 0.717) is 18.5 Å². The lowest BCUT2D eigenvalue weighted by atomic mass is 10.0. The van der Waals surface area contributed by atoms with Gasteiger partial charge < -0.3 is 10.5 Å². The molecule has 1 aliphatic rings. The summed E-state index contributed by atoms with van der Waals surface area (Å²) in [6.45, 7) is 3.63. The Balaban J connectivity index is 1.34. The van der Waals surface area contributed by atoms with E-state index in [1.165, 1.54) is 23.2 Å². The largest absolute Gasteiger partial charge is 0.445 e. The van der Waals surface area contributed by atoms with Crippen LogP contribution in [0.25, 0.3) is 11.3 Å². The second kappa shape index (κ2) is 14.2. The lowest BCUT2D eigenvalue weighted by Gasteiger charge is -2.33. The van der Waals surface area contributed by atoms with Crippen LogP contribution in [-0.2, 0) is 26.0 Å². The summed E-state index contributed by atoms with van der Waals surface area (Å²) in [4.78, 5) is 48.5. The van der Waals surface area contributed by atoms with E-state index in [0.717, 1.165) is 18.4 Å². The summed E-state index contributed by atoms with van der Waals surface area (Å²) in [7, 11) is -3.45. The van der Waals surface area contributed by atoms with Crippen LogP contribution < -0.4 is 21.9 Å². The number of sulfone groups is 1. The van der Waals surface area contributed by atoms with Crippen molar-refractivity contribution in [2.45, 2.75) is 55.9 Å². The third-order valence-electron chi connectivity index (χ3n) is 6.89. The molecule has 1 aromatic heterocycles. The number of piperidine rings is 1. The number of thiocarbonyl (C=S) groups is 1. The molecule has 232 valence electrons. The third kappa shape index (κ3) is 7.85. The number of hydrogen-bond donors (Lipinski definition) is 4. The lowest BCUT2D eigenvalue weighted by Crippen LogP contribution is -2.56. The summed E-state index contributed by atoms with van der Waals surface area (Å²) in [5, 5.41) is 1.70. The van der Waals surface area contributed by atoms with Crippen LogP contribution in [0, 0.1) is 0 Å². The highest BCUT2D eigenvalue weighted by Gasteiger charge is 2.33. The fourth-order valence-electron chi connectivity index (χ4n) is 4.42. The molecule has 0 saturated carbocycles. The van der Waals surface area contributed by atoms with Crippen LogP contribution in [0.15, 0.2) is 65.7 Å². The van der Waals surface area contributed by atoms with E-state index in [1.54, 1.807) is 26.0 Å². The number of nitrogen functional groups attached to an aromatic ring is 1. The first kappa shape index (κ1) is 32.3. The van der Waals surface area contributed by atoms with Gasteiger partial charge >= 0.3 is 6.09 Å². The molecule has 1 fully saturated rings. The lowest BCUT2D eigenvalue weighted by molar-refractivity contribution is -0.125. The van der Waals surface area contributed by atoms with Crippen molar-refractivity contribution in [3.63, 3.8) is 0 Å². The molecule has 3 aromatic rings. The molecule has 0 aliphatic carbocycles. The monoisotopic (exact) mass is 639 g/mol. The molecule has 1 aliphatic heterocycles. The molecular formula is C29H33N7O6S2. The van der Waals surface area contributed by atoms with Gasteiger partial charge in [-0.25, -0.2) is 23.2 Å². The first-order valence-electron chi connectivity index (χ1n) is 13.8. The second-order valence-electron chi connectivity index (χ2n) is 10.2. The highest BCUT2D eigenvalue weighted by atomic mass is 32.2. The average Bonchev–Trinajstić information content (AvgIpc) is 3.03. The van der Waals surface area contributed by atoms with Gasteiger partial charge in [0.2, 0.25) is 5.91 Å². The van der Waals surface area contributed by atoms with Gasteiger partial charge in [0.15, 0.2) is 26.5 Å². The molecule has 5 N–H and O–H groups in total. The van der Waals surface area contributed by atoms with Gasteiger partial charge in [0.1, 0.15) is 12.6 Å². The summed E-state index contributed by atoms with van der Waals surface area (Å²) >= 11 is 5.17. The zero-order valence-corrected chi connectivity index (χ0v) is 25.8. The second-order valence-corrected chi connectivity index (χ2v) is 13.2. The van der Waals surface area contributed by atoms with E-state index in [9.17, 15) is 22.8 Å². The van der Waals surface area contributed by atoms with Crippen LogP contribution >= 0.6 is 12.2 Å². The zero-order valence-electron chi connectivity index (χ0n) is 24.1. The molecule has 15 heteroatoms. The van der Waals surface area contributed by atoms with Gasteiger partial charge in [-0.2, -0.15) is 0 Å². The molecule has 1 saturated heterocycles. The molecular weight excluding hydrogens is 606 g/mol. The van der Waals surface area contributed by atoms with Crippen LogP contribution in [0.2, 0.25) is 0 Å². The van der Waals surface area contributed by atoms with Crippen LogP contribution in [0.1, 0.15) is 49.2 Å². The van der Waals surface area contributed by atoms with Crippen LogP contribution in [0.4, 0.5) is 10.6 Å². The van der Waals surface area contributed by atoms with Crippen molar-refractivity contribution in [2.24, 2.45) is 0 Å². The number of ether oxygens (including phenoxy) is 1. The molecule has 0 spiro atoms. The summed E-state index contributed by atoms with van der Waals surface area (Å²) in [5.74, 6) is -1.47. The van der Waals surface area contributed by atoms with Gasteiger partial charge in [-0.3, -0.25) is 30.7 Å². The molecule has 3 amide bonds. The average molecular weight is 640 g/mol. The number of nitrogens with two attached hydrogens (primary N) is 1. The maximum atomic E-state index is 13.0. The predicted octanol–water partition coefficient (Wildman–Crippen LogP) is 2.73. The molecule has 1 atom stereocenters. The smallest absolute Gasteiger partial charge is 0.410 e. The molecule has 2 heterocycles. The first-order chi connectivity index (χ1) is 21.0. The Bertz CT molecular complexity index is 1630. The number of likely N-dealkylation sites (tertiary alicyclic amines) is 1. The molecule has 4 rings (SSSR count). The number of benzene rings is 2. The highest BCUT2D eigenvalue weighted by molar-refractivity contribution is 7.92. The van der Waals surface area contributed by atoms with E-state index in [2.05, 4.69) is 26.1 Å². The predicted molar refractivity (Wildman–Crippen MR) is 167 cm³/mol. The summed E-state index contributed by atoms with van der Waals surface area (Å²) in [5.41, 5.74) is 12.1. The van der Waals surface area contributed by atoms with Crippen molar-refractivity contribution >= 4 is 50.9 Å². The Morgan fingerprint density at radius 2 is 1.77 bits per heavy atom. The minimum absolute atomic E-state index is 0.0785. The van der Waals surface area contributed by atoms with Gasteiger partial charge in [0.25, 0.3) is 5.91 Å². The van der Waals surface area contributed by atoms with Crippen molar-refractivity contribution in [3.05, 3.63) is 72.1 Å². The summed E-state index contributed by atoms with van der Waals surface area (Å²) in [6.07, 6.45) is 2.64. The van der Waals surface area contributed by atoms with Gasteiger partial charge in [0, 0.05) is 12.1 Å². The molecule has 2 aromatic carbocycles. The normalized spacial score (nSPS) is 14.9. The minimum Gasteiger partial charge on any atom is -0.445 e. The number of aromatic nitrogens is 2. The number of amides is 3. The maximum Gasteiger partial charge on any atom is 0.410 e. The van der Waals surface area contributed by atoms with Gasteiger partial charge in [-0.15, -0.1) is 0 Å². The van der Waals surface area contributed by atoms with E-state index in [1.807, 2.05) is 30.3 Å². The number of nitrogens with one attached hydrogen (secondary N) is 3. The van der Waals surface area contributed by atoms with Crippen LogP contribution in [-0.4, -0.2) is 64.1 Å². The summed E-state index contributed by atoms with van der Waals surface area (Å²) < 4.78 is 30.2. The molecule has 0 unspecified atom stereocenters. The Kier molecular flexibility index (Phi) is 10.4. The Hall–Kier alpha value is -4.63. The van der Waals surface area contributed by atoms with Crippen molar-refractivity contribution in [1.29, 1.82) is 0 Å². The van der Waals surface area contributed by atoms with Crippen molar-refractivity contribution in [3.8, 4) is 11.3 Å². The number of hydrazine groups is 1. The maximum absolute atomic E-state index is 13.0. The van der Waals surface area contributed by atoms with Gasteiger partial charge in [0.05, 0.1) is 22.0 Å². The fourth-order valence-corrected chi connectivity index (χ4v) is 5.63. The molecule has 44 heavy (non-hydrogen) atoms. The van der Waals surface area contributed by atoms with Crippen molar-refractivity contribution < 1.29 is 27.5 Å². The van der Waals surface area contributed by atoms with Crippen LogP contribution in [0.3, 0.4) is 0 Å². The number of carbonyl (C=O) groups excluding carboxylic acids is 3. The zero-order chi connectivity index (χ0) is 31.9. The SMILES string of the molecule is CC(C)S(=O)(=O)c1ccc(-c2cnc(N)c(C(=O)NNC(=S)NC(=O)[C@H]3CCCCN3C(=O)OCc3ccccc3)n2)cc1. The molecule has 13 nitrogen and oxygen atoms in total. The Labute approximate surface area is 260 Å². The van der Waals surface area contributed by atoms with E-state index >= 15 is 0 Å². The Morgan fingerprint density at radius 1 is 1.07 bits per heavy atom.